The molecule has 0 aliphatic heterocycles. The van der Waals surface area contributed by atoms with E-state index in [-0.39, 0.29) is 0 Å². The van der Waals surface area contributed by atoms with Crippen molar-refractivity contribution in [2.24, 2.45) is 0 Å². The average Bonchev–Trinajstić information content (AvgIpc) is 2.89. The van der Waals surface area contributed by atoms with Gasteiger partial charge in [-0.25, -0.2) is 9.97 Å². The third-order valence-corrected chi connectivity index (χ3v) is 2.36. The van der Waals surface area contributed by atoms with Crippen LogP contribution < -0.4 is 10.1 Å². The Morgan fingerprint density at radius 2 is 2.33 bits per heavy atom. The third kappa shape index (κ3) is 3.73. The first kappa shape index (κ1) is 12.3. The van der Waals surface area contributed by atoms with Gasteiger partial charge in [0.2, 0.25) is 5.88 Å². The highest BCUT2D eigenvalue weighted by Gasteiger charge is 1.98. The molecule has 2 heterocycles. The lowest BCUT2D eigenvalue weighted by atomic mass is 10.4. The van der Waals surface area contributed by atoms with Crippen molar-refractivity contribution < 1.29 is 4.74 Å². The van der Waals surface area contributed by atoms with E-state index < -0.39 is 0 Å². The monoisotopic (exact) mass is 247 g/mol. The van der Waals surface area contributed by atoms with E-state index in [1.54, 1.807) is 12.3 Å². The fourth-order valence-corrected chi connectivity index (χ4v) is 1.55. The molecule has 0 atom stereocenters. The van der Waals surface area contributed by atoms with Crippen molar-refractivity contribution in [3.05, 3.63) is 30.9 Å². The van der Waals surface area contributed by atoms with Gasteiger partial charge in [0.25, 0.3) is 0 Å². The summed E-state index contributed by atoms with van der Waals surface area (Å²) in [5, 5.41) is 7.38. The van der Waals surface area contributed by atoms with E-state index in [1.165, 1.54) is 6.33 Å². The molecule has 6 nitrogen and oxygen atoms in total. The zero-order chi connectivity index (χ0) is 12.6. The summed E-state index contributed by atoms with van der Waals surface area (Å²) in [6, 6.07) is 3.73. The normalized spacial score (nSPS) is 10.3. The molecule has 0 radical (unpaired) electrons. The van der Waals surface area contributed by atoms with E-state index in [4.69, 9.17) is 4.74 Å². The summed E-state index contributed by atoms with van der Waals surface area (Å²) in [7, 11) is 0. The smallest absolute Gasteiger partial charge is 0.218 e. The number of hydrogen-bond donors (Lipinski definition) is 1. The van der Waals surface area contributed by atoms with E-state index in [9.17, 15) is 0 Å². The number of nitrogens with zero attached hydrogens (tertiary/aromatic N) is 4. The highest BCUT2D eigenvalue weighted by Crippen LogP contribution is 2.10. The third-order valence-electron chi connectivity index (χ3n) is 2.36. The second kappa shape index (κ2) is 6.58. The minimum atomic E-state index is 0.599. The molecule has 0 spiro atoms. The molecule has 0 amide bonds. The number of anilines is 1. The van der Waals surface area contributed by atoms with Crippen molar-refractivity contribution in [1.29, 1.82) is 0 Å². The van der Waals surface area contributed by atoms with Crippen LogP contribution in [0.4, 0.5) is 5.82 Å². The molecular weight excluding hydrogens is 230 g/mol. The van der Waals surface area contributed by atoms with Crippen LogP contribution in [0.3, 0.4) is 0 Å². The first-order valence-corrected chi connectivity index (χ1v) is 6.04. The van der Waals surface area contributed by atoms with Gasteiger partial charge in [0.1, 0.15) is 12.1 Å². The zero-order valence-corrected chi connectivity index (χ0v) is 10.4. The first-order chi connectivity index (χ1) is 8.88. The molecule has 2 rings (SSSR count). The Balaban J connectivity index is 1.74. The summed E-state index contributed by atoms with van der Waals surface area (Å²) in [5.41, 5.74) is 0. The molecule has 2 aromatic heterocycles. The Kier molecular flexibility index (Phi) is 4.52. The molecule has 6 heteroatoms. The van der Waals surface area contributed by atoms with Crippen LogP contribution in [-0.2, 0) is 6.54 Å². The molecular formula is C12H17N5O. The van der Waals surface area contributed by atoms with Gasteiger partial charge in [-0.05, 0) is 19.4 Å². The van der Waals surface area contributed by atoms with Gasteiger partial charge in [-0.1, -0.05) is 0 Å². The van der Waals surface area contributed by atoms with Gasteiger partial charge < -0.3 is 10.1 Å². The van der Waals surface area contributed by atoms with Crippen LogP contribution in [0.5, 0.6) is 5.88 Å². The molecule has 0 aliphatic rings. The predicted octanol–water partition coefficient (Wildman–Crippen LogP) is 1.57. The van der Waals surface area contributed by atoms with Crippen LogP contribution in [0.1, 0.15) is 13.3 Å². The Morgan fingerprint density at radius 3 is 3.11 bits per heavy atom. The average molecular weight is 247 g/mol. The van der Waals surface area contributed by atoms with Gasteiger partial charge in [0.15, 0.2) is 0 Å². The maximum atomic E-state index is 5.31. The van der Waals surface area contributed by atoms with Gasteiger partial charge in [0.05, 0.1) is 6.61 Å². The van der Waals surface area contributed by atoms with Crippen LogP contribution in [0, 0.1) is 0 Å². The lowest BCUT2D eigenvalue weighted by Gasteiger charge is -2.07. The minimum Gasteiger partial charge on any atom is -0.478 e. The molecule has 0 aromatic carbocycles. The molecule has 0 unspecified atom stereocenters. The molecule has 1 N–H and O–H groups in total. The largest absolute Gasteiger partial charge is 0.478 e. The maximum absolute atomic E-state index is 5.31. The van der Waals surface area contributed by atoms with Crippen molar-refractivity contribution in [3.63, 3.8) is 0 Å². The highest BCUT2D eigenvalue weighted by atomic mass is 16.5. The maximum Gasteiger partial charge on any atom is 0.218 e. The number of rotatable bonds is 7. The number of aromatic nitrogens is 4. The number of hydrogen-bond acceptors (Lipinski definition) is 5. The number of nitrogens with one attached hydrogen (secondary N) is 1. The zero-order valence-electron chi connectivity index (χ0n) is 10.4. The summed E-state index contributed by atoms with van der Waals surface area (Å²) >= 11 is 0. The predicted molar refractivity (Wildman–Crippen MR) is 68.5 cm³/mol. The molecule has 0 aliphatic carbocycles. The van der Waals surface area contributed by atoms with Crippen molar-refractivity contribution in [3.8, 4) is 5.88 Å². The van der Waals surface area contributed by atoms with E-state index in [2.05, 4.69) is 20.4 Å². The van der Waals surface area contributed by atoms with Crippen molar-refractivity contribution in [1.82, 2.24) is 19.7 Å². The Labute approximate surface area is 106 Å². The van der Waals surface area contributed by atoms with E-state index in [0.717, 1.165) is 25.3 Å². The van der Waals surface area contributed by atoms with Crippen LogP contribution in [0.15, 0.2) is 30.9 Å². The van der Waals surface area contributed by atoms with Gasteiger partial charge in [-0.3, -0.25) is 4.68 Å². The SMILES string of the molecule is CCOc1cc(NCCCn2cccn2)ncn1. The molecule has 96 valence electrons. The van der Waals surface area contributed by atoms with Crippen LogP contribution in [0.2, 0.25) is 0 Å². The quantitative estimate of drug-likeness (QED) is 0.752. The molecule has 18 heavy (non-hydrogen) atoms. The van der Waals surface area contributed by atoms with Crippen LogP contribution in [-0.4, -0.2) is 32.9 Å². The lowest BCUT2D eigenvalue weighted by molar-refractivity contribution is 0.326. The van der Waals surface area contributed by atoms with Gasteiger partial charge in [0, 0.05) is 31.5 Å². The van der Waals surface area contributed by atoms with E-state index >= 15 is 0 Å². The van der Waals surface area contributed by atoms with Crippen molar-refractivity contribution in [2.45, 2.75) is 19.9 Å². The fourth-order valence-electron chi connectivity index (χ4n) is 1.55. The molecule has 0 saturated heterocycles. The minimum absolute atomic E-state index is 0.599. The molecule has 2 aromatic rings. The lowest BCUT2D eigenvalue weighted by Crippen LogP contribution is -2.08. The Morgan fingerprint density at radius 1 is 1.39 bits per heavy atom. The van der Waals surface area contributed by atoms with E-state index in [1.807, 2.05) is 23.9 Å². The first-order valence-electron chi connectivity index (χ1n) is 6.04. The second-order valence-corrected chi connectivity index (χ2v) is 3.72. The summed E-state index contributed by atoms with van der Waals surface area (Å²) in [5.74, 6) is 1.39. The molecule has 0 fully saturated rings. The summed E-state index contributed by atoms with van der Waals surface area (Å²) in [6.45, 7) is 4.26. The second-order valence-electron chi connectivity index (χ2n) is 3.72. The summed E-state index contributed by atoms with van der Waals surface area (Å²) < 4.78 is 7.22. The van der Waals surface area contributed by atoms with Gasteiger partial charge >= 0.3 is 0 Å². The standard InChI is InChI=1S/C12H17N5O/c1-2-18-12-9-11(14-10-15-12)13-5-3-7-17-8-4-6-16-17/h4,6,8-10H,2-3,5,7H2,1H3,(H,13,14,15). The van der Waals surface area contributed by atoms with E-state index in [0.29, 0.717) is 12.5 Å². The highest BCUT2D eigenvalue weighted by molar-refractivity contribution is 5.36. The number of ether oxygens (including phenoxy) is 1. The molecule has 0 bridgehead atoms. The topological polar surface area (TPSA) is 64.9 Å². The number of aryl methyl sites for hydroxylation is 1. The van der Waals surface area contributed by atoms with Gasteiger partial charge in [-0.15, -0.1) is 0 Å². The summed E-state index contributed by atoms with van der Waals surface area (Å²) in [6.07, 6.45) is 6.22. The van der Waals surface area contributed by atoms with Crippen LogP contribution in [0.25, 0.3) is 0 Å². The Hall–Kier alpha value is -2.11. The van der Waals surface area contributed by atoms with Crippen LogP contribution >= 0.6 is 0 Å². The van der Waals surface area contributed by atoms with Crippen molar-refractivity contribution in [2.75, 3.05) is 18.5 Å². The Bertz CT molecular complexity index is 457. The summed E-state index contributed by atoms with van der Waals surface area (Å²) in [4.78, 5) is 8.14. The molecule has 0 saturated carbocycles. The van der Waals surface area contributed by atoms with Crippen molar-refractivity contribution >= 4 is 5.82 Å². The fraction of sp³-hybridized carbons (Fsp3) is 0.417. The van der Waals surface area contributed by atoms with Gasteiger partial charge in [-0.2, -0.15) is 5.10 Å².